The summed E-state index contributed by atoms with van der Waals surface area (Å²) in [4.78, 5) is 25.9. The monoisotopic (exact) mass is 320 g/mol. The Morgan fingerprint density at radius 2 is 1.92 bits per heavy atom. The molecule has 1 aliphatic rings. The van der Waals surface area contributed by atoms with Crippen molar-refractivity contribution in [2.75, 3.05) is 0 Å². The Hall–Kier alpha value is -3.13. The van der Waals surface area contributed by atoms with Crippen LogP contribution in [0.25, 0.3) is 0 Å². The molecule has 1 atom stereocenters. The van der Waals surface area contributed by atoms with Crippen LogP contribution in [0.3, 0.4) is 0 Å². The first kappa shape index (κ1) is 15.8. The molecule has 3 rings (SSSR count). The van der Waals surface area contributed by atoms with Crippen molar-refractivity contribution in [1.82, 2.24) is 4.90 Å². The van der Waals surface area contributed by atoms with E-state index >= 15 is 0 Å². The van der Waals surface area contributed by atoms with Gasteiger partial charge in [0, 0.05) is 18.5 Å². The molecule has 5 heteroatoms. The van der Waals surface area contributed by atoms with Crippen LogP contribution in [0.2, 0.25) is 0 Å². The summed E-state index contributed by atoms with van der Waals surface area (Å²) < 4.78 is 0. The van der Waals surface area contributed by atoms with E-state index in [0.717, 1.165) is 16.7 Å². The van der Waals surface area contributed by atoms with Gasteiger partial charge in [-0.25, -0.2) is 4.79 Å². The van der Waals surface area contributed by atoms with Crippen LogP contribution >= 0.6 is 0 Å². The first-order chi connectivity index (χ1) is 11.6. The molecule has 0 fully saturated rings. The number of rotatable bonds is 3. The van der Waals surface area contributed by atoms with Crippen molar-refractivity contribution >= 4 is 11.9 Å². The number of aliphatic carboxylic acids is 1. The van der Waals surface area contributed by atoms with Crippen molar-refractivity contribution in [3.05, 3.63) is 70.8 Å². The van der Waals surface area contributed by atoms with Gasteiger partial charge in [-0.1, -0.05) is 36.4 Å². The second-order valence-electron chi connectivity index (χ2n) is 5.80. The highest BCUT2D eigenvalue weighted by Crippen LogP contribution is 2.25. The highest BCUT2D eigenvalue weighted by atomic mass is 16.4. The highest BCUT2D eigenvalue weighted by Gasteiger charge is 2.34. The topological polar surface area (TPSA) is 81.4 Å². The summed E-state index contributed by atoms with van der Waals surface area (Å²) in [6.07, 6.45) is 0.515. The summed E-state index contributed by atoms with van der Waals surface area (Å²) in [5, 5.41) is 18.3. The summed E-state index contributed by atoms with van der Waals surface area (Å²) in [5.41, 5.74) is 3.09. The maximum absolute atomic E-state index is 12.9. The van der Waals surface area contributed by atoms with Gasteiger partial charge in [0.25, 0.3) is 5.91 Å². The van der Waals surface area contributed by atoms with E-state index in [9.17, 15) is 14.7 Å². The molecule has 0 aromatic heterocycles. The summed E-state index contributed by atoms with van der Waals surface area (Å²) in [6.45, 7) is 0.272. The summed E-state index contributed by atoms with van der Waals surface area (Å²) in [5.74, 6) is -1.33. The second-order valence-corrected chi connectivity index (χ2v) is 5.80. The number of nitriles is 1. The Bertz CT molecular complexity index is 839. The molecule has 120 valence electrons. The third kappa shape index (κ3) is 2.99. The minimum absolute atomic E-state index is 0.215. The smallest absolute Gasteiger partial charge is 0.326 e. The van der Waals surface area contributed by atoms with Gasteiger partial charge in [-0.3, -0.25) is 4.79 Å². The predicted molar refractivity (Wildman–Crippen MR) is 87.2 cm³/mol. The van der Waals surface area contributed by atoms with Crippen LogP contribution in [0.1, 0.15) is 27.0 Å². The molecule has 1 heterocycles. The Morgan fingerprint density at radius 1 is 1.17 bits per heavy atom. The van der Waals surface area contributed by atoms with E-state index in [0.29, 0.717) is 12.0 Å². The van der Waals surface area contributed by atoms with Crippen molar-refractivity contribution in [3.63, 3.8) is 0 Å². The minimum atomic E-state index is -1.01. The first-order valence-corrected chi connectivity index (χ1v) is 7.66. The van der Waals surface area contributed by atoms with Gasteiger partial charge in [0.1, 0.15) is 6.04 Å². The van der Waals surface area contributed by atoms with E-state index in [1.807, 2.05) is 24.3 Å². The standard InChI is InChI=1S/C19H16N2O3/c20-9-8-13-4-3-7-15(10-13)18(22)21-12-16-6-2-1-5-14(16)11-17(21)19(23)24/h1-7,10,17H,8,11-12H2,(H,23,24). The summed E-state index contributed by atoms with van der Waals surface area (Å²) >= 11 is 0. The minimum Gasteiger partial charge on any atom is -0.480 e. The zero-order valence-electron chi connectivity index (χ0n) is 13.0. The van der Waals surface area contributed by atoms with Crippen LogP contribution in [0.4, 0.5) is 0 Å². The van der Waals surface area contributed by atoms with E-state index in [1.165, 1.54) is 4.90 Å². The largest absolute Gasteiger partial charge is 0.480 e. The van der Waals surface area contributed by atoms with Crippen molar-refractivity contribution in [2.24, 2.45) is 0 Å². The lowest BCUT2D eigenvalue weighted by Gasteiger charge is -2.34. The number of amides is 1. The van der Waals surface area contributed by atoms with Crippen LogP contribution in [0.15, 0.2) is 48.5 Å². The number of benzene rings is 2. The molecule has 1 N–H and O–H groups in total. The van der Waals surface area contributed by atoms with Gasteiger partial charge in [0.2, 0.25) is 0 Å². The van der Waals surface area contributed by atoms with E-state index in [-0.39, 0.29) is 18.9 Å². The summed E-state index contributed by atoms with van der Waals surface area (Å²) in [6, 6.07) is 15.6. The fourth-order valence-corrected chi connectivity index (χ4v) is 3.03. The van der Waals surface area contributed by atoms with Gasteiger partial charge >= 0.3 is 5.97 Å². The summed E-state index contributed by atoms with van der Waals surface area (Å²) in [7, 11) is 0. The normalized spacial score (nSPS) is 16.1. The molecule has 0 saturated heterocycles. The van der Waals surface area contributed by atoms with Crippen molar-refractivity contribution in [3.8, 4) is 6.07 Å². The molecule has 1 amide bonds. The Morgan fingerprint density at radius 3 is 2.62 bits per heavy atom. The maximum atomic E-state index is 12.9. The third-order valence-electron chi connectivity index (χ3n) is 4.25. The van der Waals surface area contributed by atoms with E-state index in [1.54, 1.807) is 24.3 Å². The zero-order valence-corrected chi connectivity index (χ0v) is 13.0. The first-order valence-electron chi connectivity index (χ1n) is 7.66. The number of carboxylic acids is 1. The van der Waals surface area contributed by atoms with Crippen LogP contribution in [-0.4, -0.2) is 27.9 Å². The second kappa shape index (κ2) is 6.55. The van der Waals surface area contributed by atoms with Gasteiger partial charge in [-0.05, 0) is 28.8 Å². The quantitative estimate of drug-likeness (QED) is 0.941. The lowest BCUT2D eigenvalue weighted by atomic mass is 9.93. The van der Waals surface area contributed by atoms with E-state index in [2.05, 4.69) is 6.07 Å². The lowest BCUT2D eigenvalue weighted by molar-refractivity contribution is -0.142. The molecule has 0 bridgehead atoms. The SMILES string of the molecule is N#CCc1cccc(C(=O)N2Cc3ccccc3CC2C(=O)O)c1. The number of carbonyl (C=O) groups is 2. The molecule has 1 unspecified atom stereocenters. The van der Waals surface area contributed by atoms with Crippen molar-refractivity contribution in [2.45, 2.75) is 25.4 Å². The average Bonchev–Trinajstić information content (AvgIpc) is 2.60. The zero-order chi connectivity index (χ0) is 17.1. The Labute approximate surface area is 139 Å². The molecule has 5 nitrogen and oxygen atoms in total. The number of hydrogen-bond acceptors (Lipinski definition) is 3. The molecule has 2 aromatic carbocycles. The van der Waals surface area contributed by atoms with Gasteiger partial charge < -0.3 is 10.0 Å². The van der Waals surface area contributed by atoms with E-state index in [4.69, 9.17) is 5.26 Å². The molecule has 24 heavy (non-hydrogen) atoms. The van der Waals surface area contributed by atoms with Gasteiger partial charge in [-0.15, -0.1) is 0 Å². The third-order valence-corrected chi connectivity index (χ3v) is 4.25. The number of nitrogens with zero attached hydrogens (tertiary/aromatic N) is 2. The molecular weight excluding hydrogens is 304 g/mol. The van der Waals surface area contributed by atoms with Crippen LogP contribution in [0, 0.1) is 11.3 Å². The van der Waals surface area contributed by atoms with Crippen LogP contribution in [0.5, 0.6) is 0 Å². The number of carbonyl (C=O) groups excluding carboxylic acids is 1. The van der Waals surface area contributed by atoms with Crippen molar-refractivity contribution < 1.29 is 14.7 Å². The Kier molecular flexibility index (Phi) is 4.30. The van der Waals surface area contributed by atoms with Gasteiger partial charge in [0.05, 0.1) is 12.5 Å². The maximum Gasteiger partial charge on any atom is 0.326 e. The number of hydrogen-bond donors (Lipinski definition) is 1. The highest BCUT2D eigenvalue weighted by molar-refractivity contribution is 5.97. The molecule has 1 aliphatic heterocycles. The Balaban J connectivity index is 1.94. The van der Waals surface area contributed by atoms with Crippen LogP contribution < -0.4 is 0 Å². The number of carboxylic acid groups (broad SMARTS) is 1. The number of fused-ring (bicyclic) bond motifs is 1. The molecular formula is C19H16N2O3. The van der Waals surface area contributed by atoms with Crippen LogP contribution in [-0.2, 0) is 24.2 Å². The lowest BCUT2D eigenvalue weighted by Crippen LogP contribution is -2.48. The molecule has 2 aromatic rings. The predicted octanol–water partition coefficient (Wildman–Crippen LogP) is 2.40. The molecule has 0 saturated carbocycles. The van der Waals surface area contributed by atoms with Crippen molar-refractivity contribution in [1.29, 1.82) is 5.26 Å². The van der Waals surface area contributed by atoms with Gasteiger partial charge in [-0.2, -0.15) is 5.26 Å². The fourth-order valence-electron chi connectivity index (χ4n) is 3.03. The average molecular weight is 320 g/mol. The van der Waals surface area contributed by atoms with Gasteiger partial charge in [0.15, 0.2) is 0 Å². The fraction of sp³-hybridized carbons (Fsp3) is 0.211. The molecule has 0 aliphatic carbocycles. The molecule has 0 radical (unpaired) electrons. The molecule has 0 spiro atoms. The van der Waals surface area contributed by atoms with E-state index < -0.39 is 12.0 Å².